The molecule has 0 fully saturated rings. The van der Waals surface area contributed by atoms with Crippen LogP contribution >= 0.6 is 0 Å². The summed E-state index contributed by atoms with van der Waals surface area (Å²) in [5.41, 5.74) is 12.4. The summed E-state index contributed by atoms with van der Waals surface area (Å²) in [6.07, 6.45) is 1.62. The van der Waals surface area contributed by atoms with E-state index in [-0.39, 0.29) is 0 Å². The van der Waals surface area contributed by atoms with Gasteiger partial charge in [0, 0.05) is 17.3 Å². The highest BCUT2D eigenvalue weighted by Crippen LogP contribution is 2.17. The molecule has 2 aromatic rings. The number of pyridine rings is 2. The van der Waals surface area contributed by atoms with E-state index < -0.39 is 0 Å². The van der Waals surface area contributed by atoms with E-state index in [2.05, 4.69) is 9.97 Å². The molecule has 0 aliphatic rings. The Bertz CT molecular complexity index is 424. The van der Waals surface area contributed by atoms with Crippen LogP contribution in [0, 0.1) is 0 Å². The minimum absolute atomic E-state index is 0.459. The van der Waals surface area contributed by atoms with Gasteiger partial charge in [0.05, 0.1) is 0 Å². The molecule has 0 spiro atoms. The van der Waals surface area contributed by atoms with Gasteiger partial charge in [0.2, 0.25) is 0 Å². The van der Waals surface area contributed by atoms with Crippen molar-refractivity contribution in [3.05, 3.63) is 24.4 Å². The second-order valence-electron chi connectivity index (χ2n) is 2.51. The van der Waals surface area contributed by atoms with Crippen LogP contribution in [0.25, 0.3) is 11.0 Å². The predicted octanol–water partition coefficient (Wildman–Crippen LogP) is 0.794. The van der Waals surface area contributed by atoms with Gasteiger partial charge >= 0.3 is 0 Å². The molecule has 0 bridgehead atoms. The number of hydrogen-bond acceptors (Lipinski definition) is 4. The maximum atomic E-state index is 5.69. The summed E-state index contributed by atoms with van der Waals surface area (Å²) in [5, 5.41) is 0.840. The molecule has 12 heavy (non-hydrogen) atoms. The molecule has 4 heteroatoms. The fourth-order valence-electron chi connectivity index (χ4n) is 1.06. The molecule has 0 aliphatic heterocycles. The number of rotatable bonds is 0. The third-order valence-electron chi connectivity index (χ3n) is 1.66. The molecule has 4 nitrogen and oxygen atoms in total. The minimum atomic E-state index is 0.459. The van der Waals surface area contributed by atoms with Crippen LogP contribution in [0.1, 0.15) is 0 Å². The maximum absolute atomic E-state index is 5.69. The van der Waals surface area contributed by atoms with Gasteiger partial charge in [0.15, 0.2) is 5.65 Å². The molecule has 60 valence electrons. The second-order valence-corrected chi connectivity index (χ2v) is 2.51. The zero-order valence-corrected chi connectivity index (χ0v) is 6.36. The molecule has 0 radical (unpaired) electrons. The second kappa shape index (κ2) is 2.34. The van der Waals surface area contributed by atoms with E-state index in [4.69, 9.17) is 11.5 Å². The zero-order valence-electron chi connectivity index (χ0n) is 6.36. The van der Waals surface area contributed by atoms with E-state index >= 15 is 0 Å². The molecule has 0 amide bonds. The van der Waals surface area contributed by atoms with Gasteiger partial charge in [-0.2, -0.15) is 0 Å². The number of anilines is 2. The van der Waals surface area contributed by atoms with Gasteiger partial charge in [-0.3, -0.25) is 0 Å². The fourth-order valence-corrected chi connectivity index (χ4v) is 1.06. The topological polar surface area (TPSA) is 77.8 Å². The lowest BCUT2D eigenvalue weighted by Crippen LogP contribution is -1.94. The lowest BCUT2D eigenvalue weighted by molar-refractivity contribution is 1.29. The van der Waals surface area contributed by atoms with Crippen LogP contribution in [0.2, 0.25) is 0 Å². The standard InChI is InChI=1S/C8H8N4/c9-6-3-4-11-8-5(6)1-2-7(10)12-8/h1-4H,(H4,9,10,11,12). The van der Waals surface area contributed by atoms with Gasteiger partial charge in [0.25, 0.3) is 0 Å². The van der Waals surface area contributed by atoms with Crippen LogP contribution in [0.4, 0.5) is 11.5 Å². The third-order valence-corrected chi connectivity index (χ3v) is 1.66. The monoisotopic (exact) mass is 160 g/mol. The summed E-state index contributed by atoms with van der Waals surface area (Å²) in [7, 11) is 0. The summed E-state index contributed by atoms with van der Waals surface area (Å²) in [6.45, 7) is 0. The lowest BCUT2D eigenvalue weighted by atomic mass is 10.2. The van der Waals surface area contributed by atoms with Gasteiger partial charge < -0.3 is 11.5 Å². The van der Waals surface area contributed by atoms with Crippen molar-refractivity contribution in [3.63, 3.8) is 0 Å². The zero-order chi connectivity index (χ0) is 8.55. The van der Waals surface area contributed by atoms with Crippen molar-refractivity contribution < 1.29 is 0 Å². The Morgan fingerprint density at radius 3 is 2.75 bits per heavy atom. The summed E-state index contributed by atoms with van der Waals surface area (Å²) >= 11 is 0. The van der Waals surface area contributed by atoms with E-state index in [9.17, 15) is 0 Å². The molecule has 0 unspecified atom stereocenters. The maximum Gasteiger partial charge on any atom is 0.163 e. The Kier molecular flexibility index (Phi) is 1.33. The molecule has 2 rings (SSSR count). The normalized spacial score (nSPS) is 10.3. The van der Waals surface area contributed by atoms with Crippen LogP contribution in [0.15, 0.2) is 24.4 Å². The lowest BCUT2D eigenvalue weighted by Gasteiger charge is -1.99. The van der Waals surface area contributed by atoms with Crippen molar-refractivity contribution in [2.24, 2.45) is 0 Å². The van der Waals surface area contributed by atoms with E-state index in [0.717, 1.165) is 5.39 Å². The number of fused-ring (bicyclic) bond motifs is 1. The van der Waals surface area contributed by atoms with E-state index in [0.29, 0.717) is 17.2 Å². The van der Waals surface area contributed by atoms with E-state index in [1.165, 1.54) is 0 Å². The molecule has 0 aliphatic carbocycles. The summed E-state index contributed by atoms with van der Waals surface area (Å²) < 4.78 is 0. The summed E-state index contributed by atoms with van der Waals surface area (Å²) in [5.74, 6) is 0.459. The highest BCUT2D eigenvalue weighted by molar-refractivity contribution is 5.87. The van der Waals surface area contributed by atoms with Crippen LogP contribution < -0.4 is 11.5 Å². The van der Waals surface area contributed by atoms with Gasteiger partial charge in [-0.05, 0) is 18.2 Å². The van der Waals surface area contributed by atoms with E-state index in [1.807, 2.05) is 6.07 Å². The first kappa shape index (κ1) is 6.84. The molecule has 2 aromatic heterocycles. The molecule has 0 saturated carbocycles. The first-order valence-electron chi connectivity index (χ1n) is 3.54. The smallest absolute Gasteiger partial charge is 0.163 e. The van der Waals surface area contributed by atoms with Crippen LogP contribution in [-0.4, -0.2) is 9.97 Å². The van der Waals surface area contributed by atoms with Crippen molar-refractivity contribution in [1.82, 2.24) is 9.97 Å². The minimum Gasteiger partial charge on any atom is -0.398 e. The van der Waals surface area contributed by atoms with Gasteiger partial charge in [-0.1, -0.05) is 0 Å². The number of hydrogen-bond donors (Lipinski definition) is 2. The summed E-state index contributed by atoms with van der Waals surface area (Å²) in [6, 6.07) is 5.26. The Labute approximate surface area is 69.2 Å². The van der Waals surface area contributed by atoms with Crippen molar-refractivity contribution in [2.45, 2.75) is 0 Å². The average molecular weight is 160 g/mol. The molecule has 2 heterocycles. The molecule has 0 aromatic carbocycles. The molecule has 0 atom stereocenters. The van der Waals surface area contributed by atoms with Gasteiger partial charge in [0.1, 0.15) is 5.82 Å². The first-order chi connectivity index (χ1) is 5.77. The molecular formula is C8H8N4. The Morgan fingerprint density at radius 2 is 1.92 bits per heavy atom. The van der Waals surface area contributed by atoms with Crippen molar-refractivity contribution in [2.75, 3.05) is 11.5 Å². The Balaban J connectivity index is 2.86. The molecular weight excluding hydrogens is 152 g/mol. The number of nitrogen functional groups attached to an aromatic ring is 2. The van der Waals surface area contributed by atoms with Gasteiger partial charge in [-0.25, -0.2) is 9.97 Å². The highest BCUT2D eigenvalue weighted by Gasteiger charge is 1.98. The number of nitrogens with zero attached hydrogens (tertiary/aromatic N) is 2. The first-order valence-corrected chi connectivity index (χ1v) is 3.54. The van der Waals surface area contributed by atoms with Crippen LogP contribution in [0.5, 0.6) is 0 Å². The predicted molar refractivity (Wildman–Crippen MR) is 48.4 cm³/mol. The molecule has 4 N–H and O–H groups in total. The Hall–Kier alpha value is -1.84. The molecule has 0 saturated heterocycles. The van der Waals surface area contributed by atoms with Crippen LogP contribution in [0.3, 0.4) is 0 Å². The third kappa shape index (κ3) is 0.934. The fraction of sp³-hybridized carbons (Fsp3) is 0. The Morgan fingerprint density at radius 1 is 1.08 bits per heavy atom. The van der Waals surface area contributed by atoms with Crippen molar-refractivity contribution in [1.29, 1.82) is 0 Å². The SMILES string of the molecule is Nc1ccc2c(N)ccnc2n1. The largest absolute Gasteiger partial charge is 0.398 e. The highest BCUT2D eigenvalue weighted by atomic mass is 14.9. The summed E-state index contributed by atoms with van der Waals surface area (Å²) in [4.78, 5) is 8.05. The number of aromatic nitrogens is 2. The van der Waals surface area contributed by atoms with Crippen molar-refractivity contribution in [3.8, 4) is 0 Å². The van der Waals surface area contributed by atoms with Crippen molar-refractivity contribution >= 4 is 22.5 Å². The van der Waals surface area contributed by atoms with Gasteiger partial charge in [-0.15, -0.1) is 0 Å². The quantitative estimate of drug-likeness (QED) is 0.597. The average Bonchev–Trinajstić information content (AvgIpc) is 2.04. The van der Waals surface area contributed by atoms with E-state index in [1.54, 1.807) is 18.3 Å². The van der Waals surface area contributed by atoms with Crippen LogP contribution in [-0.2, 0) is 0 Å². The number of nitrogens with two attached hydrogens (primary N) is 2.